The molecule has 1 aliphatic rings. The van der Waals surface area contributed by atoms with Gasteiger partial charge in [0.15, 0.2) is 0 Å². The van der Waals surface area contributed by atoms with Gasteiger partial charge < -0.3 is 9.47 Å². The van der Waals surface area contributed by atoms with Crippen molar-refractivity contribution in [1.29, 1.82) is 0 Å². The zero-order chi connectivity index (χ0) is 23.9. The Bertz CT molecular complexity index is 1200. The summed E-state index contributed by atoms with van der Waals surface area (Å²) in [5.41, 5.74) is 1.99. The highest BCUT2D eigenvalue weighted by Crippen LogP contribution is 2.38. The Morgan fingerprint density at radius 3 is 2.58 bits per heavy atom. The van der Waals surface area contributed by atoms with E-state index in [1.807, 2.05) is 30.1 Å². The molecular weight excluding hydrogens is 446 g/mol. The second-order valence-corrected chi connectivity index (χ2v) is 9.70. The Morgan fingerprint density at radius 2 is 1.94 bits per heavy atom. The number of carbonyl (C=O) groups excluding carboxylic acids is 2. The van der Waals surface area contributed by atoms with E-state index in [1.165, 1.54) is 12.0 Å². The molecule has 1 aromatic carbocycles. The van der Waals surface area contributed by atoms with Crippen molar-refractivity contribution in [3.8, 4) is 5.69 Å². The second kappa shape index (κ2) is 8.70. The van der Waals surface area contributed by atoms with Crippen LogP contribution in [0.4, 0.5) is 4.79 Å². The lowest BCUT2D eigenvalue weighted by molar-refractivity contribution is -0.148. The molecule has 3 heterocycles. The Labute approximate surface area is 197 Å². The molecule has 1 saturated heterocycles. The number of nitrogens with zero attached hydrogens (tertiary/aromatic N) is 5. The molecule has 0 radical (unpaired) electrons. The lowest BCUT2D eigenvalue weighted by Crippen LogP contribution is -2.51. The van der Waals surface area contributed by atoms with Gasteiger partial charge in [-0.3, -0.25) is 9.58 Å². The van der Waals surface area contributed by atoms with Crippen LogP contribution < -0.4 is 0 Å². The summed E-state index contributed by atoms with van der Waals surface area (Å²) >= 11 is 6.67. The molecule has 9 nitrogen and oxygen atoms in total. The van der Waals surface area contributed by atoms with Crippen LogP contribution >= 0.6 is 11.6 Å². The highest BCUT2D eigenvalue weighted by Gasteiger charge is 2.40. The molecule has 10 heteroatoms. The maximum atomic E-state index is 12.7. The fourth-order valence-corrected chi connectivity index (χ4v) is 4.57. The molecule has 3 aromatic rings. The highest BCUT2D eigenvalue weighted by molar-refractivity contribution is 6.32. The number of amides is 1. The molecule has 2 aromatic heterocycles. The number of likely N-dealkylation sites (tertiary alicyclic amines) is 1. The van der Waals surface area contributed by atoms with E-state index in [9.17, 15) is 9.59 Å². The Morgan fingerprint density at radius 1 is 1.18 bits per heavy atom. The normalized spacial score (nSPS) is 19.0. The van der Waals surface area contributed by atoms with Crippen molar-refractivity contribution in [3.63, 3.8) is 0 Å². The number of esters is 1. The van der Waals surface area contributed by atoms with Crippen LogP contribution in [0.5, 0.6) is 0 Å². The van der Waals surface area contributed by atoms with Crippen molar-refractivity contribution in [3.05, 3.63) is 41.3 Å². The van der Waals surface area contributed by atoms with Gasteiger partial charge in [-0.15, -0.1) is 0 Å². The maximum Gasteiger partial charge on any atom is 0.411 e. The predicted molar refractivity (Wildman–Crippen MR) is 124 cm³/mol. The molecule has 1 amide bonds. The summed E-state index contributed by atoms with van der Waals surface area (Å²) in [4.78, 5) is 26.8. The van der Waals surface area contributed by atoms with Crippen LogP contribution in [0.3, 0.4) is 0 Å². The quantitative estimate of drug-likeness (QED) is 0.532. The van der Waals surface area contributed by atoms with Crippen LogP contribution in [-0.2, 0) is 21.3 Å². The maximum absolute atomic E-state index is 12.7. The summed E-state index contributed by atoms with van der Waals surface area (Å²) in [5.74, 6) is -0.509. The van der Waals surface area contributed by atoms with Crippen LogP contribution in [-0.4, -0.2) is 61.8 Å². The van der Waals surface area contributed by atoms with Gasteiger partial charge in [0.25, 0.3) is 0 Å². The molecule has 2 atom stereocenters. The van der Waals surface area contributed by atoms with Gasteiger partial charge in [-0.1, -0.05) is 11.6 Å². The molecule has 176 valence electrons. The van der Waals surface area contributed by atoms with Crippen molar-refractivity contribution in [2.45, 2.75) is 51.2 Å². The van der Waals surface area contributed by atoms with Crippen molar-refractivity contribution in [2.24, 2.45) is 7.05 Å². The largest absolute Gasteiger partial charge is 0.467 e. The first-order valence-electron chi connectivity index (χ1n) is 10.8. The van der Waals surface area contributed by atoms with Gasteiger partial charge in [-0.05, 0) is 57.2 Å². The standard InChI is InChI=1S/C23H28ClN5O4/c1-23(2,3)33-22(31)28-7-6-14(9-20(28)21(30)32-5)17-10-19-15(8-18(17)24)11-26-29(19)16-12-25-27(4)13-16/h8,10-14,20H,6-7,9H2,1-5H3/t14?,20-/m0/s1. The molecule has 0 saturated carbocycles. The molecule has 1 aliphatic heterocycles. The minimum atomic E-state index is -0.751. The van der Waals surface area contributed by atoms with Gasteiger partial charge in [0.2, 0.25) is 0 Å². The van der Waals surface area contributed by atoms with Crippen LogP contribution in [0.25, 0.3) is 16.6 Å². The molecule has 1 fully saturated rings. The Kier molecular flexibility index (Phi) is 6.09. The summed E-state index contributed by atoms with van der Waals surface area (Å²) in [6.07, 6.45) is 5.89. The first kappa shape index (κ1) is 23.1. The summed E-state index contributed by atoms with van der Waals surface area (Å²) in [6.45, 7) is 5.75. The van der Waals surface area contributed by atoms with Gasteiger partial charge in [-0.25, -0.2) is 14.3 Å². The molecule has 0 bridgehead atoms. The zero-order valence-electron chi connectivity index (χ0n) is 19.4. The summed E-state index contributed by atoms with van der Waals surface area (Å²) in [6, 6.07) is 3.15. The van der Waals surface area contributed by atoms with Crippen LogP contribution in [0.15, 0.2) is 30.7 Å². The Hall–Kier alpha value is -3.07. The highest BCUT2D eigenvalue weighted by atomic mass is 35.5. The van der Waals surface area contributed by atoms with Crippen molar-refractivity contribution in [2.75, 3.05) is 13.7 Å². The van der Waals surface area contributed by atoms with Gasteiger partial charge in [0.05, 0.1) is 31.2 Å². The molecule has 0 aliphatic carbocycles. The molecule has 0 N–H and O–H groups in total. The van der Waals surface area contributed by atoms with Crippen LogP contribution in [0.1, 0.15) is 45.1 Å². The average Bonchev–Trinajstić information content (AvgIpc) is 3.36. The third-order valence-corrected chi connectivity index (χ3v) is 6.09. The van der Waals surface area contributed by atoms with E-state index in [2.05, 4.69) is 10.2 Å². The van der Waals surface area contributed by atoms with Gasteiger partial charge in [0, 0.05) is 24.0 Å². The van der Waals surface area contributed by atoms with E-state index in [-0.39, 0.29) is 5.92 Å². The number of hydrogen-bond donors (Lipinski definition) is 0. The van der Waals surface area contributed by atoms with Crippen LogP contribution in [0.2, 0.25) is 5.02 Å². The van der Waals surface area contributed by atoms with Crippen molar-refractivity contribution >= 4 is 34.6 Å². The second-order valence-electron chi connectivity index (χ2n) is 9.30. The number of hydrogen-bond acceptors (Lipinski definition) is 6. The lowest BCUT2D eigenvalue weighted by atomic mass is 9.85. The summed E-state index contributed by atoms with van der Waals surface area (Å²) in [7, 11) is 3.17. The number of aromatic nitrogens is 4. The molecule has 0 spiro atoms. The molecule has 4 rings (SSSR count). The monoisotopic (exact) mass is 473 g/mol. The fourth-order valence-electron chi connectivity index (χ4n) is 4.25. The van der Waals surface area contributed by atoms with E-state index in [0.717, 1.165) is 22.2 Å². The number of halogens is 1. The Balaban J connectivity index is 1.66. The number of carbonyl (C=O) groups is 2. The number of aryl methyl sites for hydroxylation is 1. The number of ether oxygens (including phenoxy) is 2. The molecule has 1 unspecified atom stereocenters. The summed E-state index contributed by atoms with van der Waals surface area (Å²) < 4.78 is 14.1. The third-order valence-electron chi connectivity index (χ3n) is 5.77. The smallest absolute Gasteiger partial charge is 0.411 e. The average molecular weight is 474 g/mol. The van der Waals surface area contributed by atoms with Crippen molar-refractivity contribution < 1.29 is 19.1 Å². The van der Waals surface area contributed by atoms with E-state index < -0.39 is 23.7 Å². The van der Waals surface area contributed by atoms with Gasteiger partial charge in [0.1, 0.15) is 17.3 Å². The first-order valence-corrected chi connectivity index (χ1v) is 11.2. The minimum absolute atomic E-state index is 0.0399. The fraction of sp³-hybridized carbons (Fsp3) is 0.478. The molecular formula is C23H28ClN5O4. The number of benzene rings is 1. The number of piperidine rings is 1. The van der Waals surface area contributed by atoms with Gasteiger partial charge in [-0.2, -0.15) is 10.2 Å². The number of rotatable bonds is 3. The third kappa shape index (κ3) is 4.68. The topological polar surface area (TPSA) is 91.5 Å². The van der Waals surface area contributed by atoms with E-state index >= 15 is 0 Å². The van der Waals surface area contributed by atoms with Crippen molar-refractivity contribution in [1.82, 2.24) is 24.5 Å². The van der Waals surface area contributed by atoms with Crippen LogP contribution in [0, 0.1) is 0 Å². The zero-order valence-corrected chi connectivity index (χ0v) is 20.2. The molecule has 33 heavy (non-hydrogen) atoms. The number of fused-ring (bicyclic) bond motifs is 1. The predicted octanol–water partition coefficient (Wildman–Crippen LogP) is 4.07. The minimum Gasteiger partial charge on any atom is -0.467 e. The summed E-state index contributed by atoms with van der Waals surface area (Å²) in [5, 5.41) is 10.2. The van der Waals surface area contributed by atoms with E-state index in [0.29, 0.717) is 24.4 Å². The van der Waals surface area contributed by atoms with E-state index in [4.69, 9.17) is 21.1 Å². The first-order chi connectivity index (χ1) is 15.6. The van der Waals surface area contributed by atoms with Gasteiger partial charge >= 0.3 is 12.1 Å². The lowest BCUT2D eigenvalue weighted by Gasteiger charge is -2.38. The SMILES string of the molecule is COC(=O)[C@@H]1CC(c2cc3c(cnn3-c3cnn(C)c3)cc2Cl)CCN1C(=O)OC(C)(C)C. The number of methoxy groups -OCH3 is 1. The van der Waals surface area contributed by atoms with E-state index in [1.54, 1.807) is 37.8 Å².